The highest BCUT2D eigenvalue weighted by atomic mass is 15.1. The number of nitrogens with zero attached hydrogens (tertiary/aromatic N) is 2. The fourth-order valence-electron chi connectivity index (χ4n) is 2.96. The summed E-state index contributed by atoms with van der Waals surface area (Å²) in [5.74, 6) is 3.11. The predicted molar refractivity (Wildman–Crippen MR) is 59.0 cm³/mol. The highest BCUT2D eigenvalue weighted by molar-refractivity contribution is 5.98. The first-order valence-corrected chi connectivity index (χ1v) is 5.95. The molecule has 0 N–H and O–H groups in total. The fourth-order valence-corrected chi connectivity index (χ4v) is 2.96. The van der Waals surface area contributed by atoms with Gasteiger partial charge >= 0.3 is 0 Å². The molecule has 1 aliphatic heterocycles. The molecule has 3 aliphatic rings. The normalized spacial score (nSPS) is 43.1. The van der Waals surface area contributed by atoms with Crippen molar-refractivity contribution in [1.29, 1.82) is 0 Å². The Kier molecular flexibility index (Phi) is 1.80. The van der Waals surface area contributed by atoms with Crippen LogP contribution in [0, 0.1) is 11.8 Å². The topological polar surface area (TPSA) is 24.7 Å². The van der Waals surface area contributed by atoms with Gasteiger partial charge in [0, 0.05) is 12.6 Å². The van der Waals surface area contributed by atoms with Crippen molar-refractivity contribution in [2.45, 2.75) is 51.0 Å². The third kappa shape index (κ3) is 1.32. The van der Waals surface area contributed by atoms with E-state index < -0.39 is 0 Å². The van der Waals surface area contributed by atoms with Crippen LogP contribution in [0.15, 0.2) is 9.98 Å². The molecule has 2 heteroatoms. The third-order valence-electron chi connectivity index (χ3n) is 3.86. The van der Waals surface area contributed by atoms with Gasteiger partial charge in [-0.25, -0.2) is 4.99 Å². The van der Waals surface area contributed by atoms with Crippen LogP contribution in [-0.4, -0.2) is 17.6 Å². The Balaban J connectivity index is 1.68. The van der Waals surface area contributed by atoms with Gasteiger partial charge < -0.3 is 0 Å². The van der Waals surface area contributed by atoms with Crippen LogP contribution in [0.1, 0.15) is 45.4 Å². The van der Waals surface area contributed by atoms with Crippen LogP contribution < -0.4 is 0 Å². The van der Waals surface area contributed by atoms with Crippen molar-refractivity contribution in [3.05, 3.63) is 0 Å². The number of hydrogen-bond donors (Lipinski definition) is 0. The molecule has 2 nitrogen and oxygen atoms in total. The van der Waals surface area contributed by atoms with Crippen molar-refractivity contribution in [2.75, 3.05) is 0 Å². The lowest BCUT2D eigenvalue weighted by Crippen LogP contribution is -2.23. The first kappa shape index (κ1) is 8.63. The standard InChI is InChI=1S/C12H18N2/c1-2-3-4-11-13-8-12(14-11)6-9-5-10(9)7-12/h8-10H,2-7H2,1H3. The summed E-state index contributed by atoms with van der Waals surface area (Å²) in [6, 6.07) is 0. The van der Waals surface area contributed by atoms with Gasteiger partial charge in [0.25, 0.3) is 0 Å². The molecular weight excluding hydrogens is 172 g/mol. The number of rotatable bonds is 3. The molecule has 0 bridgehead atoms. The Morgan fingerprint density at radius 2 is 2.21 bits per heavy atom. The van der Waals surface area contributed by atoms with Crippen LogP contribution in [0.2, 0.25) is 0 Å². The van der Waals surface area contributed by atoms with Crippen molar-refractivity contribution in [2.24, 2.45) is 21.8 Å². The average molecular weight is 190 g/mol. The van der Waals surface area contributed by atoms with Crippen LogP contribution >= 0.6 is 0 Å². The van der Waals surface area contributed by atoms with E-state index in [0.717, 1.165) is 24.1 Å². The molecule has 2 saturated carbocycles. The van der Waals surface area contributed by atoms with E-state index in [2.05, 4.69) is 18.1 Å². The van der Waals surface area contributed by atoms with Crippen molar-refractivity contribution < 1.29 is 0 Å². The average Bonchev–Trinajstić information content (AvgIpc) is 2.63. The molecule has 2 aliphatic carbocycles. The van der Waals surface area contributed by atoms with Crippen molar-refractivity contribution in [3.8, 4) is 0 Å². The van der Waals surface area contributed by atoms with Crippen LogP contribution in [-0.2, 0) is 0 Å². The van der Waals surface area contributed by atoms with Crippen molar-refractivity contribution in [1.82, 2.24) is 0 Å². The van der Waals surface area contributed by atoms with E-state index in [1.165, 1.54) is 32.1 Å². The lowest BCUT2D eigenvalue weighted by Gasteiger charge is -2.17. The number of amidine groups is 1. The van der Waals surface area contributed by atoms with E-state index in [9.17, 15) is 0 Å². The van der Waals surface area contributed by atoms with Crippen LogP contribution in [0.4, 0.5) is 0 Å². The highest BCUT2D eigenvalue weighted by Crippen LogP contribution is 2.57. The fraction of sp³-hybridized carbons (Fsp3) is 0.833. The molecule has 3 rings (SSSR count). The lowest BCUT2D eigenvalue weighted by atomic mass is 9.96. The number of unbranched alkanes of at least 4 members (excludes halogenated alkanes) is 1. The van der Waals surface area contributed by atoms with Gasteiger partial charge in [-0.2, -0.15) is 0 Å². The van der Waals surface area contributed by atoms with E-state index in [0.29, 0.717) is 0 Å². The molecule has 0 amide bonds. The minimum absolute atomic E-state index is 0.177. The van der Waals surface area contributed by atoms with E-state index >= 15 is 0 Å². The highest BCUT2D eigenvalue weighted by Gasteiger charge is 2.54. The van der Waals surface area contributed by atoms with E-state index in [-0.39, 0.29) is 5.54 Å². The summed E-state index contributed by atoms with van der Waals surface area (Å²) in [6.07, 6.45) is 9.75. The van der Waals surface area contributed by atoms with E-state index in [1.54, 1.807) is 0 Å². The second kappa shape index (κ2) is 2.91. The molecule has 76 valence electrons. The molecule has 0 aromatic heterocycles. The molecule has 0 aromatic carbocycles. The van der Waals surface area contributed by atoms with Crippen LogP contribution in [0.5, 0.6) is 0 Å². The van der Waals surface area contributed by atoms with Crippen LogP contribution in [0.3, 0.4) is 0 Å². The van der Waals surface area contributed by atoms with Crippen molar-refractivity contribution in [3.63, 3.8) is 0 Å². The monoisotopic (exact) mass is 190 g/mol. The third-order valence-corrected chi connectivity index (χ3v) is 3.86. The Hall–Kier alpha value is -0.660. The molecule has 2 fully saturated rings. The van der Waals surface area contributed by atoms with Gasteiger partial charge in [-0.3, -0.25) is 4.99 Å². The number of aliphatic imine (C=N–C) groups is 2. The minimum Gasteiger partial charge on any atom is -0.258 e. The lowest BCUT2D eigenvalue weighted by molar-refractivity contribution is 0.540. The molecule has 0 radical (unpaired) electrons. The first-order valence-electron chi connectivity index (χ1n) is 5.95. The predicted octanol–water partition coefficient (Wildman–Crippen LogP) is 2.83. The second-order valence-corrected chi connectivity index (χ2v) is 5.16. The minimum atomic E-state index is 0.177. The van der Waals surface area contributed by atoms with Gasteiger partial charge in [-0.05, 0) is 37.5 Å². The number of hydrogen-bond acceptors (Lipinski definition) is 2. The summed E-state index contributed by atoms with van der Waals surface area (Å²) in [5.41, 5.74) is 0.177. The van der Waals surface area contributed by atoms with Gasteiger partial charge in [-0.15, -0.1) is 0 Å². The Morgan fingerprint density at radius 3 is 2.93 bits per heavy atom. The van der Waals surface area contributed by atoms with Gasteiger partial charge in [0.1, 0.15) is 5.84 Å². The summed E-state index contributed by atoms with van der Waals surface area (Å²) in [5, 5.41) is 0. The summed E-state index contributed by atoms with van der Waals surface area (Å²) in [7, 11) is 0. The first-order chi connectivity index (χ1) is 6.81. The summed E-state index contributed by atoms with van der Waals surface area (Å²) >= 11 is 0. The molecule has 0 aromatic rings. The molecule has 2 unspecified atom stereocenters. The maximum atomic E-state index is 4.83. The molecule has 14 heavy (non-hydrogen) atoms. The zero-order valence-corrected chi connectivity index (χ0v) is 8.87. The summed E-state index contributed by atoms with van der Waals surface area (Å²) < 4.78 is 0. The Bertz CT molecular complexity index is 293. The maximum absolute atomic E-state index is 4.83. The Labute approximate surface area is 85.5 Å². The second-order valence-electron chi connectivity index (χ2n) is 5.16. The van der Waals surface area contributed by atoms with E-state index in [4.69, 9.17) is 4.99 Å². The van der Waals surface area contributed by atoms with Gasteiger partial charge in [0.05, 0.1) is 5.54 Å². The SMILES string of the molecule is CCCCC1=NC2(C=N1)CC1CC1C2. The van der Waals surface area contributed by atoms with Gasteiger partial charge in [0.2, 0.25) is 0 Å². The maximum Gasteiger partial charge on any atom is 0.123 e. The van der Waals surface area contributed by atoms with Crippen LogP contribution in [0.25, 0.3) is 0 Å². The summed E-state index contributed by atoms with van der Waals surface area (Å²) in [4.78, 5) is 9.32. The molecule has 1 spiro atoms. The molecule has 1 heterocycles. The van der Waals surface area contributed by atoms with Gasteiger partial charge in [-0.1, -0.05) is 13.3 Å². The molecule has 0 saturated heterocycles. The zero-order valence-electron chi connectivity index (χ0n) is 8.87. The van der Waals surface area contributed by atoms with Gasteiger partial charge in [0.15, 0.2) is 0 Å². The smallest absolute Gasteiger partial charge is 0.123 e. The largest absolute Gasteiger partial charge is 0.258 e. The van der Waals surface area contributed by atoms with Crippen molar-refractivity contribution >= 4 is 12.1 Å². The number of fused-ring (bicyclic) bond motifs is 1. The quantitative estimate of drug-likeness (QED) is 0.653. The molecular formula is C12H18N2. The zero-order chi connectivity index (χ0) is 9.60. The summed E-state index contributed by atoms with van der Waals surface area (Å²) in [6.45, 7) is 2.22. The molecule has 2 atom stereocenters. The van der Waals surface area contributed by atoms with E-state index in [1.807, 2.05) is 0 Å². The Morgan fingerprint density at radius 1 is 1.43 bits per heavy atom.